The summed E-state index contributed by atoms with van der Waals surface area (Å²) in [4.78, 5) is 17.2. The summed E-state index contributed by atoms with van der Waals surface area (Å²) in [6.07, 6.45) is 0. The highest BCUT2D eigenvalue weighted by molar-refractivity contribution is 6.39. The molecule has 0 unspecified atom stereocenters. The molecule has 1 fully saturated rings. The lowest BCUT2D eigenvalue weighted by Gasteiger charge is -2.39. The quantitative estimate of drug-likeness (QED) is 0.743. The predicted molar refractivity (Wildman–Crippen MR) is 116 cm³/mol. The molecule has 0 aromatic heterocycles. The number of nitrogens with one attached hydrogen (secondary N) is 1. The molecular formula is C21H25Cl2N3O2. The first-order valence-corrected chi connectivity index (χ1v) is 10.2. The summed E-state index contributed by atoms with van der Waals surface area (Å²) in [5.41, 5.74) is 1.57. The van der Waals surface area contributed by atoms with E-state index < -0.39 is 0 Å². The fourth-order valence-electron chi connectivity index (χ4n) is 3.36. The minimum absolute atomic E-state index is 0.113. The number of ether oxygens (including phenoxy) is 1. The van der Waals surface area contributed by atoms with E-state index in [4.69, 9.17) is 27.9 Å². The Bertz CT molecular complexity index is 803. The molecule has 1 atom stereocenters. The summed E-state index contributed by atoms with van der Waals surface area (Å²) < 4.78 is 5.75. The van der Waals surface area contributed by atoms with Gasteiger partial charge in [-0.25, -0.2) is 0 Å². The van der Waals surface area contributed by atoms with Crippen LogP contribution in [0.1, 0.15) is 13.8 Å². The summed E-state index contributed by atoms with van der Waals surface area (Å²) in [5, 5.41) is 3.74. The van der Waals surface area contributed by atoms with Crippen molar-refractivity contribution < 1.29 is 9.53 Å². The van der Waals surface area contributed by atoms with Crippen molar-refractivity contribution in [3.8, 4) is 5.75 Å². The lowest BCUT2D eigenvalue weighted by molar-refractivity contribution is -0.120. The van der Waals surface area contributed by atoms with Crippen molar-refractivity contribution in [2.75, 3.05) is 43.0 Å². The number of benzene rings is 2. The molecule has 0 radical (unpaired) electrons. The van der Waals surface area contributed by atoms with Crippen LogP contribution in [0.25, 0.3) is 0 Å². The van der Waals surface area contributed by atoms with Gasteiger partial charge in [-0.1, -0.05) is 41.4 Å². The van der Waals surface area contributed by atoms with E-state index in [0.29, 0.717) is 22.3 Å². The van der Waals surface area contributed by atoms with Gasteiger partial charge >= 0.3 is 0 Å². The van der Waals surface area contributed by atoms with Crippen LogP contribution in [0, 0.1) is 0 Å². The molecule has 0 aliphatic carbocycles. The van der Waals surface area contributed by atoms with E-state index in [9.17, 15) is 4.79 Å². The summed E-state index contributed by atoms with van der Waals surface area (Å²) in [6, 6.07) is 13.0. The Hall–Kier alpha value is -1.95. The minimum Gasteiger partial charge on any atom is -0.492 e. The lowest BCUT2D eigenvalue weighted by atomic mass is 10.2. The van der Waals surface area contributed by atoms with Gasteiger partial charge in [-0.15, -0.1) is 0 Å². The average Bonchev–Trinajstić information content (AvgIpc) is 2.71. The Morgan fingerprint density at radius 1 is 1.07 bits per heavy atom. The molecule has 2 aromatic carbocycles. The molecule has 150 valence electrons. The molecule has 5 nitrogen and oxygen atoms in total. The first-order chi connectivity index (χ1) is 13.5. The zero-order chi connectivity index (χ0) is 20.1. The Morgan fingerprint density at radius 3 is 2.36 bits per heavy atom. The van der Waals surface area contributed by atoms with E-state index in [2.05, 4.69) is 21.2 Å². The summed E-state index contributed by atoms with van der Waals surface area (Å²) >= 11 is 12.3. The van der Waals surface area contributed by atoms with Gasteiger partial charge in [0.15, 0.2) is 0 Å². The van der Waals surface area contributed by atoms with Crippen LogP contribution in [-0.2, 0) is 4.79 Å². The van der Waals surface area contributed by atoms with Crippen molar-refractivity contribution in [2.45, 2.75) is 19.9 Å². The van der Waals surface area contributed by atoms with Crippen LogP contribution in [0.15, 0.2) is 42.5 Å². The fourth-order valence-corrected chi connectivity index (χ4v) is 3.85. The van der Waals surface area contributed by atoms with Gasteiger partial charge in [-0.2, -0.15) is 0 Å². The van der Waals surface area contributed by atoms with Gasteiger partial charge in [-0.05, 0) is 38.1 Å². The third kappa shape index (κ3) is 4.72. The smallest absolute Gasteiger partial charge is 0.241 e. The Balaban J connectivity index is 1.61. The van der Waals surface area contributed by atoms with Crippen LogP contribution in [0.4, 0.5) is 11.4 Å². The third-order valence-corrected chi connectivity index (χ3v) is 5.59. The molecule has 0 spiro atoms. The molecule has 1 aliphatic heterocycles. The normalized spacial score (nSPS) is 15.9. The van der Waals surface area contributed by atoms with Gasteiger partial charge in [0.05, 0.1) is 34.1 Å². The summed E-state index contributed by atoms with van der Waals surface area (Å²) in [6.45, 7) is 7.75. The third-order valence-electron chi connectivity index (χ3n) is 4.96. The molecule has 1 aliphatic rings. The largest absolute Gasteiger partial charge is 0.492 e. The van der Waals surface area contributed by atoms with E-state index in [1.165, 1.54) is 0 Å². The maximum absolute atomic E-state index is 12.7. The topological polar surface area (TPSA) is 44.8 Å². The first kappa shape index (κ1) is 20.8. The lowest BCUT2D eigenvalue weighted by Crippen LogP contribution is -2.52. The number of para-hydroxylation sites is 3. The van der Waals surface area contributed by atoms with E-state index in [1.54, 1.807) is 18.2 Å². The average molecular weight is 422 g/mol. The van der Waals surface area contributed by atoms with Crippen molar-refractivity contribution in [1.82, 2.24) is 4.90 Å². The Kier molecular flexibility index (Phi) is 7.05. The van der Waals surface area contributed by atoms with Gasteiger partial charge in [0, 0.05) is 26.2 Å². The van der Waals surface area contributed by atoms with Crippen LogP contribution in [0.3, 0.4) is 0 Å². The molecule has 28 heavy (non-hydrogen) atoms. The van der Waals surface area contributed by atoms with Crippen molar-refractivity contribution in [3.63, 3.8) is 0 Å². The predicted octanol–water partition coefficient (Wildman–Crippen LogP) is 4.54. The second-order valence-electron chi connectivity index (χ2n) is 6.69. The summed E-state index contributed by atoms with van der Waals surface area (Å²) in [5.74, 6) is 0.788. The molecule has 1 N–H and O–H groups in total. The molecule has 0 bridgehead atoms. The highest BCUT2D eigenvalue weighted by Crippen LogP contribution is 2.31. The van der Waals surface area contributed by atoms with Crippen molar-refractivity contribution in [3.05, 3.63) is 52.5 Å². The highest BCUT2D eigenvalue weighted by atomic mass is 35.5. The fraction of sp³-hybridized carbons (Fsp3) is 0.381. The number of piperazine rings is 1. The van der Waals surface area contributed by atoms with Crippen LogP contribution in [0.5, 0.6) is 5.75 Å². The van der Waals surface area contributed by atoms with E-state index >= 15 is 0 Å². The molecule has 0 saturated carbocycles. The number of rotatable bonds is 6. The molecule has 7 heteroatoms. The number of hydrogen-bond acceptors (Lipinski definition) is 4. The number of halogens is 2. The molecule has 1 amide bonds. The van der Waals surface area contributed by atoms with Crippen LogP contribution < -0.4 is 15.0 Å². The van der Waals surface area contributed by atoms with Gasteiger partial charge < -0.3 is 15.0 Å². The Morgan fingerprint density at radius 2 is 1.71 bits per heavy atom. The van der Waals surface area contributed by atoms with Crippen LogP contribution >= 0.6 is 23.2 Å². The monoisotopic (exact) mass is 421 g/mol. The van der Waals surface area contributed by atoms with Crippen LogP contribution in [-0.4, -0.2) is 49.6 Å². The van der Waals surface area contributed by atoms with Gasteiger partial charge in [0.25, 0.3) is 0 Å². The molecule has 3 rings (SSSR count). The second kappa shape index (κ2) is 9.50. The van der Waals surface area contributed by atoms with Gasteiger partial charge in [0.2, 0.25) is 5.91 Å². The summed E-state index contributed by atoms with van der Waals surface area (Å²) in [7, 11) is 0. The van der Waals surface area contributed by atoms with Crippen molar-refractivity contribution in [2.24, 2.45) is 0 Å². The maximum Gasteiger partial charge on any atom is 0.241 e. The Labute approximate surface area is 176 Å². The number of amides is 1. The number of carbonyl (C=O) groups excluding carboxylic acids is 1. The maximum atomic E-state index is 12.7. The standard InChI is InChI=1S/C21H25Cl2N3O2/c1-3-28-19-10-5-4-9-18(19)26-13-11-25(12-14-26)15(2)21(27)24-20-16(22)7-6-8-17(20)23/h4-10,15H,3,11-14H2,1-2H3,(H,24,27)/t15-/m0/s1. The van der Waals surface area contributed by atoms with Crippen LogP contribution in [0.2, 0.25) is 10.0 Å². The molecule has 1 saturated heterocycles. The van der Waals surface area contributed by atoms with Gasteiger partial charge in [0.1, 0.15) is 5.75 Å². The van der Waals surface area contributed by atoms with Gasteiger partial charge in [-0.3, -0.25) is 9.69 Å². The zero-order valence-corrected chi connectivity index (χ0v) is 17.6. The second-order valence-corrected chi connectivity index (χ2v) is 7.50. The van der Waals surface area contributed by atoms with E-state index in [-0.39, 0.29) is 11.9 Å². The highest BCUT2D eigenvalue weighted by Gasteiger charge is 2.27. The van der Waals surface area contributed by atoms with E-state index in [0.717, 1.165) is 37.6 Å². The minimum atomic E-state index is -0.281. The molecule has 2 aromatic rings. The SMILES string of the molecule is CCOc1ccccc1N1CCN([C@@H](C)C(=O)Nc2c(Cl)cccc2Cl)CC1. The molecular weight excluding hydrogens is 397 g/mol. The van der Waals surface area contributed by atoms with Crippen molar-refractivity contribution >= 4 is 40.5 Å². The zero-order valence-electron chi connectivity index (χ0n) is 16.1. The number of anilines is 2. The number of nitrogens with zero attached hydrogens (tertiary/aromatic N) is 2. The number of hydrogen-bond donors (Lipinski definition) is 1. The molecule has 1 heterocycles. The van der Waals surface area contributed by atoms with E-state index in [1.807, 2.05) is 32.0 Å². The van der Waals surface area contributed by atoms with Crippen molar-refractivity contribution in [1.29, 1.82) is 0 Å². The number of carbonyl (C=O) groups is 1. The first-order valence-electron chi connectivity index (χ1n) is 9.47.